The zero-order valence-corrected chi connectivity index (χ0v) is 13.5. The van der Waals surface area contributed by atoms with Crippen molar-refractivity contribution in [2.45, 2.75) is 0 Å². The smallest absolute Gasteiger partial charge is 0.321 e. The fourth-order valence-electron chi connectivity index (χ4n) is 1.92. The number of carbonyl (C=O) groups excluding carboxylic acids is 1. The Morgan fingerprint density at radius 1 is 1.00 bits per heavy atom. The average molecular weight is 370 g/mol. The summed E-state index contributed by atoms with van der Waals surface area (Å²) in [6.07, 6.45) is 3.20. The molecule has 0 bridgehead atoms. The molecule has 0 aliphatic heterocycles. The summed E-state index contributed by atoms with van der Waals surface area (Å²) in [5, 5.41) is 2.84. The SMILES string of the molecule is O=C(Nc1cccc(Oc2ncccn2)c1)c1ccccc1Br. The van der Waals surface area contributed by atoms with Gasteiger partial charge in [-0.1, -0.05) is 18.2 Å². The van der Waals surface area contributed by atoms with Crippen molar-refractivity contribution < 1.29 is 9.53 Å². The Bertz CT molecular complexity index is 825. The van der Waals surface area contributed by atoms with Gasteiger partial charge in [-0.05, 0) is 46.3 Å². The number of halogens is 1. The van der Waals surface area contributed by atoms with Crippen molar-refractivity contribution in [1.29, 1.82) is 0 Å². The number of carbonyl (C=O) groups is 1. The number of amides is 1. The summed E-state index contributed by atoms with van der Waals surface area (Å²) in [6, 6.07) is 16.2. The Hall–Kier alpha value is -2.73. The van der Waals surface area contributed by atoms with Crippen LogP contribution in [0.5, 0.6) is 11.8 Å². The van der Waals surface area contributed by atoms with Crippen molar-refractivity contribution in [2.75, 3.05) is 5.32 Å². The highest BCUT2D eigenvalue weighted by molar-refractivity contribution is 9.10. The molecule has 114 valence electrons. The Balaban J connectivity index is 1.75. The maximum absolute atomic E-state index is 12.3. The molecule has 0 aliphatic carbocycles. The van der Waals surface area contributed by atoms with Crippen LogP contribution < -0.4 is 10.1 Å². The number of nitrogens with zero attached hydrogens (tertiary/aromatic N) is 2. The molecular weight excluding hydrogens is 358 g/mol. The number of ether oxygens (including phenoxy) is 1. The Morgan fingerprint density at radius 2 is 1.78 bits per heavy atom. The molecule has 6 heteroatoms. The predicted molar refractivity (Wildman–Crippen MR) is 90.6 cm³/mol. The first-order chi connectivity index (χ1) is 11.2. The number of benzene rings is 2. The van der Waals surface area contributed by atoms with Crippen LogP contribution in [0.1, 0.15) is 10.4 Å². The minimum absolute atomic E-state index is 0.203. The van der Waals surface area contributed by atoms with E-state index in [0.717, 1.165) is 4.47 Å². The minimum atomic E-state index is -0.203. The van der Waals surface area contributed by atoms with Gasteiger partial charge in [0.25, 0.3) is 5.91 Å². The maximum Gasteiger partial charge on any atom is 0.321 e. The number of aromatic nitrogens is 2. The quantitative estimate of drug-likeness (QED) is 0.745. The topological polar surface area (TPSA) is 64.1 Å². The van der Waals surface area contributed by atoms with Crippen molar-refractivity contribution in [1.82, 2.24) is 9.97 Å². The van der Waals surface area contributed by atoms with E-state index in [9.17, 15) is 4.79 Å². The van der Waals surface area contributed by atoms with E-state index in [1.54, 1.807) is 48.8 Å². The summed E-state index contributed by atoms with van der Waals surface area (Å²) < 4.78 is 6.29. The standard InChI is InChI=1S/C17H12BrN3O2/c18-15-8-2-1-7-14(15)16(22)21-12-5-3-6-13(11-12)23-17-19-9-4-10-20-17/h1-11H,(H,21,22). The fourth-order valence-corrected chi connectivity index (χ4v) is 2.39. The van der Waals surface area contributed by atoms with E-state index in [1.807, 2.05) is 18.2 Å². The van der Waals surface area contributed by atoms with Gasteiger partial charge in [0, 0.05) is 28.6 Å². The van der Waals surface area contributed by atoms with E-state index in [-0.39, 0.29) is 11.9 Å². The first kappa shape index (κ1) is 15.2. The van der Waals surface area contributed by atoms with Crippen LogP contribution in [0.25, 0.3) is 0 Å². The third-order valence-corrected chi connectivity index (χ3v) is 3.65. The van der Waals surface area contributed by atoms with Crippen molar-refractivity contribution >= 4 is 27.5 Å². The minimum Gasteiger partial charge on any atom is -0.424 e. The lowest BCUT2D eigenvalue weighted by molar-refractivity contribution is 0.102. The normalized spacial score (nSPS) is 10.1. The molecule has 0 aliphatic rings. The first-order valence-corrected chi connectivity index (χ1v) is 7.62. The summed E-state index contributed by atoms with van der Waals surface area (Å²) >= 11 is 3.37. The van der Waals surface area contributed by atoms with E-state index in [1.165, 1.54) is 0 Å². The third-order valence-electron chi connectivity index (χ3n) is 2.96. The monoisotopic (exact) mass is 369 g/mol. The molecule has 0 atom stereocenters. The number of nitrogens with one attached hydrogen (secondary N) is 1. The highest BCUT2D eigenvalue weighted by Gasteiger charge is 2.10. The van der Waals surface area contributed by atoms with Crippen molar-refractivity contribution in [3.8, 4) is 11.8 Å². The fraction of sp³-hybridized carbons (Fsp3) is 0. The van der Waals surface area contributed by atoms with Gasteiger partial charge < -0.3 is 10.1 Å². The molecule has 0 radical (unpaired) electrons. The van der Waals surface area contributed by atoms with E-state index in [2.05, 4.69) is 31.2 Å². The van der Waals surface area contributed by atoms with Crippen molar-refractivity contribution in [3.63, 3.8) is 0 Å². The summed E-state index contributed by atoms with van der Waals surface area (Å²) in [6.45, 7) is 0. The molecule has 0 saturated heterocycles. The Kier molecular flexibility index (Phi) is 4.63. The highest BCUT2D eigenvalue weighted by Crippen LogP contribution is 2.23. The van der Waals surface area contributed by atoms with Gasteiger partial charge in [0.2, 0.25) is 0 Å². The van der Waals surface area contributed by atoms with Crippen LogP contribution in [0.3, 0.4) is 0 Å². The highest BCUT2D eigenvalue weighted by atomic mass is 79.9. The maximum atomic E-state index is 12.3. The molecule has 0 saturated carbocycles. The zero-order chi connectivity index (χ0) is 16.1. The van der Waals surface area contributed by atoms with Crippen LogP contribution in [0.15, 0.2) is 71.5 Å². The Morgan fingerprint density at radius 3 is 2.57 bits per heavy atom. The third kappa shape index (κ3) is 3.92. The van der Waals surface area contributed by atoms with Crippen LogP contribution in [0.2, 0.25) is 0 Å². The van der Waals surface area contributed by atoms with E-state index in [0.29, 0.717) is 17.0 Å². The molecular formula is C17H12BrN3O2. The second kappa shape index (κ2) is 7.02. The van der Waals surface area contributed by atoms with Gasteiger partial charge >= 0.3 is 6.01 Å². The molecule has 5 nitrogen and oxygen atoms in total. The van der Waals surface area contributed by atoms with Gasteiger partial charge in [-0.3, -0.25) is 4.79 Å². The molecule has 1 heterocycles. The largest absolute Gasteiger partial charge is 0.424 e. The lowest BCUT2D eigenvalue weighted by Crippen LogP contribution is -2.12. The van der Waals surface area contributed by atoms with Gasteiger partial charge in [-0.2, -0.15) is 0 Å². The molecule has 2 aromatic carbocycles. The predicted octanol–water partition coefficient (Wildman–Crippen LogP) is 4.28. The van der Waals surface area contributed by atoms with Crippen LogP contribution in [0.4, 0.5) is 5.69 Å². The number of hydrogen-bond acceptors (Lipinski definition) is 4. The molecule has 0 fully saturated rings. The van der Waals surface area contributed by atoms with Gasteiger partial charge in [0.15, 0.2) is 0 Å². The van der Waals surface area contributed by atoms with E-state index in [4.69, 9.17) is 4.74 Å². The summed E-state index contributed by atoms with van der Waals surface area (Å²) in [7, 11) is 0. The van der Waals surface area contributed by atoms with E-state index >= 15 is 0 Å². The molecule has 1 amide bonds. The average Bonchev–Trinajstić information content (AvgIpc) is 2.56. The summed E-state index contributed by atoms with van der Waals surface area (Å²) in [5.41, 5.74) is 1.18. The van der Waals surface area contributed by atoms with Crippen LogP contribution in [0, 0.1) is 0 Å². The number of rotatable bonds is 4. The summed E-state index contributed by atoms with van der Waals surface area (Å²) in [5.74, 6) is 0.340. The van der Waals surface area contributed by atoms with Crippen LogP contribution in [-0.2, 0) is 0 Å². The Labute approximate surface area is 141 Å². The summed E-state index contributed by atoms with van der Waals surface area (Å²) in [4.78, 5) is 20.3. The van der Waals surface area contributed by atoms with Gasteiger partial charge in [-0.25, -0.2) is 9.97 Å². The molecule has 1 N–H and O–H groups in total. The van der Waals surface area contributed by atoms with Gasteiger partial charge in [-0.15, -0.1) is 0 Å². The van der Waals surface area contributed by atoms with Crippen LogP contribution >= 0.6 is 15.9 Å². The molecule has 0 spiro atoms. The lowest BCUT2D eigenvalue weighted by Gasteiger charge is -2.08. The van der Waals surface area contributed by atoms with Crippen LogP contribution in [-0.4, -0.2) is 15.9 Å². The van der Waals surface area contributed by atoms with Crippen molar-refractivity contribution in [3.05, 3.63) is 77.0 Å². The van der Waals surface area contributed by atoms with Gasteiger partial charge in [0.1, 0.15) is 5.75 Å². The second-order valence-electron chi connectivity index (χ2n) is 4.60. The molecule has 3 rings (SSSR count). The van der Waals surface area contributed by atoms with E-state index < -0.39 is 0 Å². The molecule has 23 heavy (non-hydrogen) atoms. The molecule has 1 aromatic heterocycles. The number of anilines is 1. The number of hydrogen-bond donors (Lipinski definition) is 1. The van der Waals surface area contributed by atoms with Crippen molar-refractivity contribution in [2.24, 2.45) is 0 Å². The molecule has 0 unspecified atom stereocenters. The molecule has 3 aromatic rings. The lowest BCUT2D eigenvalue weighted by atomic mass is 10.2. The second-order valence-corrected chi connectivity index (χ2v) is 5.45. The first-order valence-electron chi connectivity index (χ1n) is 6.83. The van der Waals surface area contributed by atoms with Gasteiger partial charge in [0.05, 0.1) is 5.56 Å². The zero-order valence-electron chi connectivity index (χ0n) is 11.9.